The minimum atomic E-state index is -2.79. The van der Waals surface area contributed by atoms with Crippen LogP contribution in [0.25, 0.3) is 11.4 Å². The van der Waals surface area contributed by atoms with Crippen molar-refractivity contribution in [2.45, 2.75) is 25.3 Å². The Kier molecular flexibility index (Phi) is 4.33. The summed E-state index contributed by atoms with van der Waals surface area (Å²) in [7, 11) is 1.47. The molecule has 0 bridgehead atoms. The summed E-state index contributed by atoms with van der Waals surface area (Å²) in [5.74, 6) is -0.727. The number of benzene rings is 1. The van der Waals surface area contributed by atoms with Crippen LogP contribution >= 0.6 is 0 Å². The normalized spacial score (nSPS) is 16.6. The molecule has 23 heavy (non-hydrogen) atoms. The largest absolute Gasteiger partial charge is 0.375 e. The highest BCUT2D eigenvalue weighted by atomic mass is 19.3. The van der Waals surface area contributed by atoms with Crippen LogP contribution in [0.2, 0.25) is 0 Å². The number of aryl methyl sites for hydroxylation is 1. The molecule has 1 aliphatic rings. The zero-order chi connectivity index (χ0) is 16.4. The van der Waals surface area contributed by atoms with Crippen molar-refractivity contribution in [1.29, 1.82) is 0 Å². The average molecular weight is 323 g/mol. The maximum atomic E-state index is 12.5. The van der Waals surface area contributed by atoms with E-state index < -0.39 is 12.3 Å². The van der Waals surface area contributed by atoms with Crippen LogP contribution in [-0.2, 0) is 16.0 Å². The Balaban J connectivity index is 1.79. The molecular formula is C15H15F2N3O3. The summed E-state index contributed by atoms with van der Waals surface area (Å²) in [5, 5.41) is 6.47. The minimum absolute atomic E-state index is 0.0170. The van der Waals surface area contributed by atoms with E-state index in [1.165, 1.54) is 7.11 Å². The molecule has 122 valence electrons. The lowest BCUT2D eigenvalue weighted by Crippen LogP contribution is -2.30. The van der Waals surface area contributed by atoms with Crippen molar-refractivity contribution in [2.24, 2.45) is 0 Å². The number of nitrogens with one attached hydrogen (secondary N) is 1. The highest BCUT2D eigenvalue weighted by Gasteiger charge is 2.25. The fraction of sp³-hybridized carbons (Fsp3) is 0.400. The number of carbonyl (C=O) groups is 1. The van der Waals surface area contributed by atoms with Gasteiger partial charge in [-0.15, -0.1) is 0 Å². The fourth-order valence-electron chi connectivity index (χ4n) is 2.71. The molecule has 0 spiro atoms. The number of methoxy groups -OCH3 is 1. The molecular weight excluding hydrogens is 308 g/mol. The number of alkyl halides is 2. The Morgan fingerprint density at radius 2 is 2.35 bits per heavy atom. The van der Waals surface area contributed by atoms with Crippen molar-refractivity contribution in [3.8, 4) is 11.4 Å². The van der Waals surface area contributed by atoms with Crippen LogP contribution in [0, 0.1) is 0 Å². The van der Waals surface area contributed by atoms with Gasteiger partial charge in [0.2, 0.25) is 11.7 Å². The number of rotatable bonds is 5. The van der Waals surface area contributed by atoms with Crippen LogP contribution in [0.4, 0.5) is 8.78 Å². The van der Waals surface area contributed by atoms with Crippen molar-refractivity contribution in [2.75, 3.05) is 13.7 Å². The molecule has 1 amide bonds. The molecule has 1 atom stereocenters. The second-order valence-corrected chi connectivity index (χ2v) is 5.26. The number of halogens is 2. The standard InChI is InChI=1S/C15H15F2N3O3/c1-22-7-12(21)18-11-5-3-8-6-9(2-4-10(8)11)14-19-15(13(16)17)23-20-14/h2,4,6,11,13H,3,5,7H2,1H3,(H,18,21)/t11-/m1/s1. The van der Waals surface area contributed by atoms with Gasteiger partial charge in [-0.2, -0.15) is 13.8 Å². The number of amides is 1. The van der Waals surface area contributed by atoms with Gasteiger partial charge in [-0.3, -0.25) is 4.79 Å². The molecule has 1 N–H and O–H groups in total. The van der Waals surface area contributed by atoms with Crippen LogP contribution in [0.1, 0.15) is 35.9 Å². The van der Waals surface area contributed by atoms with Gasteiger partial charge < -0.3 is 14.6 Å². The average Bonchev–Trinajstić information content (AvgIpc) is 3.14. The Labute approximate surface area is 130 Å². The van der Waals surface area contributed by atoms with E-state index >= 15 is 0 Å². The molecule has 0 saturated heterocycles. The zero-order valence-electron chi connectivity index (χ0n) is 12.4. The molecule has 2 aromatic rings. The van der Waals surface area contributed by atoms with Crippen LogP contribution < -0.4 is 5.32 Å². The second-order valence-electron chi connectivity index (χ2n) is 5.26. The van der Waals surface area contributed by atoms with E-state index in [9.17, 15) is 13.6 Å². The number of aromatic nitrogens is 2. The van der Waals surface area contributed by atoms with Crippen LogP contribution in [0.15, 0.2) is 22.7 Å². The number of hydrogen-bond donors (Lipinski definition) is 1. The van der Waals surface area contributed by atoms with Gasteiger partial charge >= 0.3 is 6.43 Å². The Morgan fingerprint density at radius 3 is 3.04 bits per heavy atom. The lowest BCUT2D eigenvalue weighted by Gasteiger charge is -2.13. The quantitative estimate of drug-likeness (QED) is 0.914. The lowest BCUT2D eigenvalue weighted by atomic mass is 10.0. The molecule has 0 aliphatic heterocycles. The van der Waals surface area contributed by atoms with E-state index in [0.717, 1.165) is 24.0 Å². The van der Waals surface area contributed by atoms with E-state index in [2.05, 4.69) is 20.0 Å². The van der Waals surface area contributed by atoms with Crippen LogP contribution in [0.3, 0.4) is 0 Å². The summed E-state index contributed by atoms with van der Waals surface area (Å²) in [5.41, 5.74) is 2.66. The third kappa shape index (κ3) is 3.21. The van der Waals surface area contributed by atoms with Gasteiger partial charge in [-0.25, -0.2) is 0 Å². The molecule has 1 heterocycles. The molecule has 0 fully saturated rings. The van der Waals surface area contributed by atoms with Crippen molar-refractivity contribution in [3.63, 3.8) is 0 Å². The van der Waals surface area contributed by atoms with Gasteiger partial charge in [-0.1, -0.05) is 17.3 Å². The Bertz CT molecular complexity index is 718. The van der Waals surface area contributed by atoms with Gasteiger partial charge in [0.1, 0.15) is 6.61 Å². The number of nitrogens with zero attached hydrogens (tertiary/aromatic N) is 2. The summed E-state index contributed by atoms with van der Waals surface area (Å²) in [4.78, 5) is 15.3. The molecule has 0 radical (unpaired) electrons. The van der Waals surface area contributed by atoms with E-state index in [-0.39, 0.29) is 24.4 Å². The maximum Gasteiger partial charge on any atom is 0.315 e. The van der Waals surface area contributed by atoms with E-state index in [1.54, 1.807) is 6.07 Å². The summed E-state index contributed by atoms with van der Waals surface area (Å²) >= 11 is 0. The van der Waals surface area contributed by atoms with E-state index in [4.69, 9.17) is 4.74 Å². The highest BCUT2D eigenvalue weighted by molar-refractivity contribution is 5.78. The molecule has 0 saturated carbocycles. The topological polar surface area (TPSA) is 77.2 Å². The number of hydrogen-bond acceptors (Lipinski definition) is 5. The smallest absolute Gasteiger partial charge is 0.315 e. The molecule has 6 nitrogen and oxygen atoms in total. The molecule has 1 aliphatic carbocycles. The van der Waals surface area contributed by atoms with Gasteiger partial charge in [-0.05, 0) is 30.0 Å². The molecule has 0 unspecified atom stereocenters. The third-order valence-corrected chi connectivity index (χ3v) is 3.72. The summed E-state index contributed by atoms with van der Waals surface area (Å²) in [6, 6.07) is 5.37. The number of ether oxygens (including phenoxy) is 1. The Morgan fingerprint density at radius 1 is 1.52 bits per heavy atom. The summed E-state index contributed by atoms with van der Waals surface area (Å²) in [6.07, 6.45) is -1.23. The predicted molar refractivity (Wildman–Crippen MR) is 75.8 cm³/mol. The monoisotopic (exact) mass is 323 g/mol. The van der Waals surface area contributed by atoms with Crippen LogP contribution in [0.5, 0.6) is 0 Å². The van der Waals surface area contributed by atoms with E-state index in [1.807, 2.05) is 12.1 Å². The zero-order valence-corrected chi connectivity index (χ0v) is 12.4. The minimum Gasteiger partial charge on any atom is -0.375 e. The predicted octanol–water partition coefficient (Wildman–Crippen LogP) is 2.42. The number of carbonyl (C=O) groups excluding carboxylic acids is 1. The van der Waals surface area contributed by atoms with Crippen molar-refractivity contribution in [3.05, 3.63) is 35.2 Å². The molecule has 1 aromatic heterocycles. The maximum absolute atomic E-state index is 12.5. The van der Waals surface area contributed by atoms with Crippen molar-refractivity contribution < 1.29 is 22.8 Å². The van der Waals surface area contributed by atoms with Gasteiger partial charge in [0.05, 0.1) is 6.04 Å². The van der Waals surface area contributed by atoms with Gasteiger partial charge in [0.15, 0.2) is 0 Å². The molecule has 8 heteroatoms. The number of fused-ring (bicyclic) bond motifs is 1. The third-order valence-electron chi connectivity index (χ3n) is 3.72. The first-order valence-corrected chi connectivity index (χ1v) is 7.11. The first-order valence-electron chi connectivity index (χ1n) is 7.11. The SMILES string of the molecule is COCC(=O)N[C@@H]1CCc2cc(-c3noc(C(F)F)n3)ccc21. The van der Waals surface area contributed by atoms with Crippen LogP contribution in [-0.4, -0.2) is 29.8 Å². The lowest BCUT2D eigenvalue weighted by molar-refractivity contribution is -0.125. The van der Waals surface area contributed by atoms with Gasteiger partial charge in [0.25, 0.3) is 5.89 Å². The first kappa shape index (κ1) is 15.5. The Hall–Kier alpha value is -2.35. The summed E-state index contributed by atoms with van der Waals surface area (Å²) < 4.78 is 34.3. The fourth-order valence-corrected chi connectivity index (χ4v) is 2.71. The second kappa shape index (κ2) is 6.41. The summed E-state index contributed by atoms with van der Waals surface area (Å²) in [6.45, 7) is 0.0170. The van der Waals surface area contributed by atoms with E-state index in [0.29, 0.717) is 5.56 Å². The molecule has 1 aromatic carbocycles. The highest BCUT2D eigenvalue weighted by Crippen LogP contribution is 2.34. The van der Waals surface area contributed by atoms with Gasteiger partial charge in [0, 0.05) is 12.7 Å². The van der Waals surface area contributed by atoms with Crippen molar-refractivity contribution in [1.82, 2.24) is 15.5 Å². The molecule has 3 rings (SSSR count). The van der Waals surface area contributed by atoms with Crippen molar-refractivity contribution >= 4 is 5.91 Å². The first-order chi connectivity index (χ1) is 11.1.